The van der Waals surface area contributed by atoms with Gasteiger partial charge in [-0.1, -0.05) is 0 Å². The lowest BCUT2D eigenvalue weighted by atomic mass is 9.79. The van der Waals surface area contributed by atoms with Crippen LogP contribution >= 0.6 is 0 Å². The van der Waals surface area contributed by atoms with Crippen molar-refractivity contribution in [2.24, 2.45) is 18.5 Å². The van der Waals surface area contributed by atoms with E-state index in [0.29, 0.717) is 28.9 Å². The van der Waals surface area contributed by atoms with E-state index >= 15 is 0 Å². The van der Waals surface area contributed by atoms with Crippen LogP contribution in [0.25, 0.3) is 16.8 Å². The summed E-state index contributed by atoms with van der Waals surface area (Å²) >= 11 is 0. The number of hydrogen-bond acceptors (Lipinski definition) is 7. The van der Waals surface area contributed by atoms with Crippen molar-refractivity contribution in [2.45, 2.75) is 57.7 Å². The zero-order chi connectivity index (χ0) is 24.6. The van der Waals surface area contributed by atoms with E-state index in [4.69, 9.17) is 16.2 Å². The highest BCUT2D eigenvalue weighted by Gasteiger charge is 2.39. The summed E-state index contributed by atoms with van der Waals surface area (Å²) in [4.78, 5) is 2.11. The van der Waals surface area contributed by atoms with Crippen LogP contribution in [0.4, 0.5) is 0 Å². The summed E-state index contributed by atoms with van der Waals surface area (Å²) in [7, 11) is 5.41. The zero-order valence-electron chi connectivity index (χ0n) is 20.8. The second-order valence-corrected chi connectivity index (χ2v) is 10.3. The van der Waals surface area contributed by atoms with Crippen LogP contribution in [0.2, 0.25) is 0 Å². The topological polar surface area (TPSA) is 115 Å². The van der Waals surface area contributed by atoms with Gasteiger partial charge in [-0.2, -0.15) is 5.10 Å². The van der Waals surface area contributed by atoms with Gasteiger partial charge in [-0.05, 0) is 70.4 Å². The number of methoxy groups -OCH3 is 1. The largest absolute Gasteiger partial charge is 0.507 e. The third-order valence-electron chi connectivity index (χ3n) is 6.19. The smallest absolute Gasteiger partial charge is 0.132 e. The van der Waals surface area contributed by atoms with Crippen molar-refractivity contribution >= 4 is 5.70 Å². The van der Waals surface area contributed by atoms with Gasteiger partial charge in [0.1, 0.15) is 11.5 Å². The predicted molar refractivity (Wildman–Crippen MR) is 133 cm³/mol. The second kappa shape index (κ2) is 9.02. The number of nitrogens with one attached hydrogen (secondary N) is 1. The van der Waals surface area contributed by atoms with Gasteiger partial charge in [-0.15, -0.1) is 0 Å². The zero-order valence-corrected chi connectivity index (χ0v) is 20.8. The van der Waals surface area contributed by atoms with E-state index in [1.165, 1.54) is 0 Å². The minimum atomic E-state index is 0.0188. The molecule has 0 aliphatic carbocycles. The fraction of sp³-hybridized carbons (Fsp3) is 0.480. The van der Waals surface area contributed by atoms with Gasteiger partial charge in [0.25, 0.3) is 0 Å². The number of hydrogen-bond donors (Lipinski definition) is 4. The fourth-order valence-electron chi connectivity index (χ4n) is 4.92. The molecule has 0 bridgehead atoms. The summed E-state index contributed by atoms with van der Waals surface area (Å²) in [5.74, 6) is 1.12. The minimum absolute atomic E-state index is 0.0188. The fourth-order valence-corrected chi connectivity index (χ4v) is 4.92. The summed E-state index contributed by atoms with van der Waals surface area (Å²) in [5, 5.41) is 18.6. The molecule has 0 radical (unpaired) electrons. The molecule has 8 heteroatoms. The number of aromatic hydroxyl groups is 1. The first-order chi connectivity index (χ1) is 15.3. The van der Waals surface area contributed by atoms with Gasteiger partial charge in [0.05, 0.1) is 24.7 Å². The predicted octanol–water partition coefficient (Wildman–Crippen LogP) is 3.14. The molecule has 2 heterocycles. The quantitative estimate of drug-likeness (QED) is 0.496. The summed E-state index contributed by atoms with van der Waals surface area (Å²) in [6.45, 7) is 8.88. The van der Waals surface area contributed by atoms with Crippen LogP contribution in [-0.2, 0) is 7.05 Å². The number of aryl methyl sites for hydroxylation is 1. The van der Waals surface area contributed by atoms with E-state index in [-0.39, 0.29) is 16.8 Å². The van der Waals surface area contributed by atoms with Gasteiger partial charge < -0.3 is 31.5 Å². The van der Waals surface area contributed by atoms with Gasteiger partial charge in [0, 0.05) is 48.7 Å². The van der Waals surface area contributed by atoms with Crippen LogP contribution in [-0.4, -0.2) is 51.1 Å². The van der Waals surface area contributed by atoms with E-state index in [2.05, 4.69) is 43.0 Å². The summed E-state index contributed by atoms with van der Waals surface area (Å²) in [6, 6.07) is 3.79. The number of phenolic OH excluding ortho intramolecular Hbond substituents is 1. The molecule has 180 valence electrons. The normalized spacial score (nSPS) is 18.9. The lowest BCUT2D eigenvalue weighted by Gasteiger charge is -2.49. The molecular formula is C25H38N6O2. The first-order valence-corrected chi connectivity index (χ1v) is 11.2. The number of rotatable bonds is 6. The molecule has 2 aromatic rings. The number of nitrogens with zero attached hydrogens (tertiary/aromatic N) is 3. The van der Waals surface area contributed by atoms with Crippen molar-refractivity contribution in [3.8, 4) is 22.6 Å². The first-order valence-electron chi connectivity index (χ1n) is 11.2. The van der Waals surface area contributed by atoms with Crippen molar-refractivity contribution in [1.29, 1.82) is 0 Å². The van der Waals surface area contributed by atoms with Gasteiger partial charge in [-0.3, -0.25) is 4.68 Å². The van der Waals surface area contributed by atoms with Crippen molar-refractivity contribution < 1.29 is 9.84 Å². The van der Waals surface area contributed by atoms with Crippen LogP contribution < -0.4 is 21.5 Å². The summed E-state index contributed by atoms with van der Waals surface area (Å²) in [5.41, 5.74) is 15.3. The SMILES string of the molecule is COc1cc(-c2cnn(C)c2)cc(O)c1/C(N)=C/C=C(\N)N(C)C1CC(C)(C)NC(C)(C)C1. The maximum Gasteiger partial charge on any atom is 0.132 e. The average molecular weight is 455 g/mol. The number of ether oxygens (including phenoxy) is 1. The van der Waals surface area contributed by atoms with Crippen LogP contribution in [0.1, 0.15) is 46.1 Å². The molecule has 0 saturated carbocycles. The molecule has 1 aliphatic heterocycles. The van der Waals surface area contributed by atoms with Crippen molar-refractivity contribution in [2.75, 3.05) is 14.2 Å². The van der Waals surface area contributed by atoms with E-state index in [9.17, 15) is 5.11 Å². The summed E-state index contributed by atoms with van der Waals surface area (Å²) < 4.78 is 7.24. The van der Waals surface area contributed by atoms with E-state index in [0.717, 1.165) is 24.0 Å². The molecule has 0 unspecified atom stereocenters. The summed E-state index contributed by atoms with van der Waals surface area (Å²) in [6.07, 6.45) is 9.05. The third-order valence-corrected chi connectivity index (χ3v) is 6.19. The highest BCUT2D eigenvalue weighted by atomic mass is 16.5. The van der Waals surface area contributed by atoms with E-state index in [1.807, 2.05) is 26.4 Å². The molecule has 6 N–H and O–H groups in total. The third kappa shape index (κ3) is 5.63. The number of nitrogens with two attached hydrogens (primary N) is 2. The number of phenols is 1. The highest BCUT2D eigenvalue weighted by molar-refractivity contribution is 5.79. The monoisotopic (exact) mass is 454 g/mol. The number of benzene rings is 1. The average Bonchev–Trinajstić information content (AvgIpc) is 3.14. The number of piperidine rings is 1. The molecule has 1 aromatic heterocycles. The Morgan fingerprint density at radius 2 is 1.82 bits per heavy atom. The molecule has 33 heavy (non-hydrogen) atoms. The van der Waals surface area contributed by atoms with Gasteiger partial charge in [0.15, 0.2) is 0 Å². The molecule has 8 nitrogen and oxygen atoms in total. The molecule has 1 aromatic carbocycles. The highest BCUT2D eigenvalue weighted by Crippen LogP contribution is 2.37. The van der Waals surface area contributed by atoms with Crippen LogP contribution in [0.3, 0.4) is 0 Å². The lowest BCUT2D eigenvalue weighted by Crippen LogP contribution is -2.61. The maximum atomic E-state index is 10.7. The van der Waals surface area contributed by atoms with Crippen molar-refractivity contribution in [1.82, 2.24) is 20.0 Å². The Kier molecular flexibility index (Phi) is 6.70. The number of aromatic nitrogens is 2. The molecule has 3 rings (SSSR count). The van der Waals surface area contributed by atoms with Gasteiger partial charge in [0.2, 0.25) is 0 Å². The lowest BCUT2D eigenvalue weighted by molar-refractivity contribution is 0.0981. The van der Waals surface area contributed by atoms with Crippen molar-refractivity contribution in [3.05, 3.63) is 48.1 Å². The molecule has 0 amide bonds. The molecular weight excluding hydrogens is 416 g/mol. The molecule has 1 saturated heterocycles. The molecule has 0 atom stereocenters. The van der Waals surface area contributed by atoms with Gasteiger partial charge in [-0.25, -0.2) is 0 Å². The Balaban J connectivity index is 1.86. The first kappa shape index (κ1) is 24.5. The standard InChI is InChI=1S/C25H38N6O2/c1-24(2)12-18(13-25(3,4)29-24)31(6)22(27)9-8-19(26)23-20(32)10-16(11-21(23)33-7)17-14-28-30(5)15-17/h8-11,14-15,18,29,32H,12-13,26-27H2,1-7H3/b19-8-,22-9+. The Hall–Kier alpha value is -3.13. The van der Waals surface area contributed by atoms with Crippen LogP contribution in [0, 0.1) is 0 Å². The van der Waals surface area contributed by atoms with E-state index in [1.54, 1.807) is 36.2 Å². The van der Waals surface area contributed by atoms with E-state index < -0.39 is 0 Å². The van der Waals surface area contributed by atoms with Crippen LogP contribution in [0.15, 0.2) is 42.5 Å². The Morgan fingerprint density at radius 1 is 1.18 bits per heavy atom. The second-order valence-electron chi connectivity index (χ2n) is 10.3. The molecule has 1 aliphatic rings. The Bertz CT molecular complexity index is 1050. The molecule has 0 spiro atoms. The van der Waals surface area contributed by atoms with Gasteiger partial charge >= 0.3 is 0 Å². The van der Waals surface area contributed by atoms with Crippen molar-refractivity contribution in [3.63, 3.8) is 0 Å². The Morgan fingerprint density at radius 3 is 2.36 bits per heavy atom. The van der Waals surface area contributed by atoms with Crippen LogP contribution in [0.5, 0.6) is 11.5 Å². The Labute approximate surface area is 196 Å². The number of allylic oxidation sites excluding steroid dienone is 2. The maximum absolute atomic E-state index is 10.7. The molecule has 1 fully saturated rings. The minimum Gasteiger partial charge on any atom is -0.507 e.